The summed E-state index contributed by atoms with van der Waals surface area (Å²) in [6, 6.07) is 7.83. The molecule has 3 heteroatoms. The first-order valence-corrected chi connectivity index (χ1v) is 5.49. The third-order valence-electron chi connectivity index (χ3n) is 2.81. The fourth-order valence-electron chi connectivity index (χ4n) is 2.04. The topological polar surface area (TPSA) is 38.3 Å². The van der Waals surface area contributed by atoms with E-state index in [1.54, 1.807) is 0 Å². The predicted octanol–water partition coefficient (Wildman–Crippen LogP) is 1.96. The smallest absolute Gasteiger partial charge is 0.140 e. The van der Waals surface area contributed by atoms with Crippen molar-refractivity contribution in [3.63, 3.8) is 0 Å². The molecule has 0 bridgehead atoms. The highest BCUT2D eigenvalue weighted by atomic mass is 16.5. The second kappa shape index (κ2) is 4.00. The van der Waals surface area contributed by atoms with Crippen LogP contribution in [0.25, 0.3) is 0 Å². The molecule has 86 valence electrons. The van der Waals surface area contributed by atoms with Crippen LogP contribution < -0.4 is 5.32 Å². The van der Waals surface area contributed by atoms with Gasteiger partial charge in [-0.25, -0.2) is 0 Å². The van der Waals surface area contributed by atoms with Crippen LogP contribution in [0.3, 0.4) is 0 Å². The van der Waals surface area contributed by atoms with E-state index in [0.717, 1.165) is 11.8 Å². The van der Waals surface area contributed by atoms with Crippen molar-refractivity contribution in [3.05, 3.63) is 35.4 Å². The maximum atomic E-state index is 11.0. The standard InChI is InChI=1S/C13H17NO2/c1-9-4-6-10(7-5-9)12-11(8-15)14-13(2,3)16-12/h4-8,11-12,14H,1-3H3/t11-,12-/m1/s1. The number of nitrogens with one attached hydrogen (secondary N) is 1. The highest BCUT2D eigenvalue weighted by molar-refractivity contribution is 5.60. The van der Waals surface area contributed by atoms with Gasteiger partial charge in [0.25, 0.3) is 0 Å². The lowest BCUT2D eigenvalue weighted by atomic mass is 10.0. The molecule has 0 aromatic heterocycles. The van der Waals surface area contributed by atoms with E-state index in [1.165, 1.54) is 5.56 Å². The summed E-state index contributed by atoms with van der Waals surface area (Å²) in [6.07, 6.45) is 0.729. The second-order valence-electron chi connectivity index (χ2n) is 4.77. The number of carbonyl (C=O) groups excluding carboxylic acids is 1. The number of carbonyl (C=O) groups is 1. The molecular weight excluding hydrogens is 202 g/mol. The van der Waals surface area contributed by atoms with Crippen molar-refractivity contribution in [1.29, 1.82) is 0 Å². The van der Waals surface area contributed by atoms with Gasteiger partial charge in [-0.3, -0.25) is 5.32 Å². The zero-order valence-corrected chi connectivity index (χ0v) is 9.86. The summed E-state index contributed by atoms with van der Waals surface area (Å²) in [5.41, 5.74) is 1.80. The molecule has 1 aromatic rings. The minimum absolute atomic E-state index is 0.187. The van der Waals surface area contributed by atoms with Crippen molar-refractivity contribution >= 4 is 6.29 Å². The summed E-state index contributed by atoms with van der Waals surface area (Å²) in [6.45, 7) is 5.90. The normalized spacial score (nSPS) is 27.9. The van der Waals surface area contributed by atoms with E-state index in [9.17, 15) is 4.79 Å². The highest BCUT2D eigenvalue weighted by Gasteiger charge is 2.39. The number of aryl methyl sites for hydroxylation is 1. The van der Waals surface area contributed by atoms with Crippen molar-refractivity contribution in [2.45, 2.75) is 38.6 Å². The first-order valence-electron chi connectivity index (χ1n) is 5.49. The maximum absolute atomic E-state index is 11.0. The largest absolute Gasteiger partial charge is 0.351 e. The van der Waals surface area contributed by atoms with E-state index in [-0.39, 0.29) is 12.1 Å². The lowest BCUT2D eigenvalue weighted by Gasteiger charge is -2.18. The molecule has 3 nitrogen and oxygen atoms in total. The molecule has 0 radical (unpaired) electrons. The minimum Gasteiger partial charge on any atom is -0.351 e. The number of ether oxygens (including phenoxy) is 1. The monoisotopic (exact) mass is 219 g/mol. The molecule has 1 aliphatic heterocycles. The van der Waals surface area contributed by atoms with Crippen LogP contribution in [0, 0.1) is 6.92 Å². The van der Waals surface area contributed by atoms with Gasteiger partial charge in [0.15, 0.2) is 0 Å². The predicted molar refractivity (Wildman–Crippen MR) is 62.1 cm³/mol. The Morgan fingerprint density at radius 1 is 1.31 bits per heavy atom. The fourth-order valence-corrected chi connectivity index (χ4v) is 2.04. The van der Waals surface area contributed by atoms with Gasteiger partial charge >= 0.3 is 0 Å². The zero-order valence-electron chi connectivity index (χ0n) is 9.86. The molecule has 0 amide bonds. The Labute approximate surface area is 95.8 Å². The SMILES string of the molecule is Cc1ccc([C@H]2OC(C)(C)N[C@@H]2C=O)cc1. The summed E-state index contributed by atoms with van der Waals surface area (Å²) >= 11 is 0. The van der Waals surface area contributed by atoms with Crippen molar-refractivity contribution in [1.82, 2.24) is 5.32 Å². The van der Waals surface area contributed by atoms with E-state index in [1.807, 2.05) is 45.0 Å². The number of hydrogen-bond donors (Lipinski definition) is 1. The van der Waals surface area contributed by atoms with E-state index in [4.69, 9.17) is 4.74 Å². The Bertz CT molecular complexity index is 383. The molecule has 0 saturated carbocycles. The van der Waals surface area contributed by atoms with Gasteiger partial charge in [0.05, 0.1) is 6.04 Å². The molecule has 0 aliphatic carbocycles. The zero-order chi connectivity index (χ0) is 11.8. The molecular formula is C13H17NO2. The van der Waals surface area contributed by atoms with Crippen LogP contribution in [0.1, 0.15) is 31.1 Å². The van der Waals surface area contributed by atoms with Crippen LogP contribution in [-0.2, 0) is 9.53 Å². The Morgan fingerprint density at radius 3 is 2.50 bits per heavy atom. The van der Waals surface area contributed by atoms with Gasteiger partial charge in [-0.1, -0.05) is 29.8 Å². The molecule has 2 atom stereocenters. The van der Waals surface area contributed by atoms with Crippen molar-refractivity contribution in [2.24, 2.45) is 0 Å². The quantitative estimate of drug-likeness (QED) is 0.773. The molecule has 16 heavy (non-hydrogen) atoms. The number of benzene rings is 1. The lowest BCUT2D eigenvalue weighted by Crippen LogP contribution is -2.39. The van der Waals surface area contributed by atoms with Crippen molar-refractivity contribution in [3.8, 4) is 0 Å². The molecule has 1 aliphatic rings. The lowest BCUT2D eigenvalue weighted by molar-refractivity contribution is -0.110. The van der Waals surface area contributed by atoms with Crippen LogP contribution in [0.15, 0.2) is 24.3 Å². The Balaban J connectivity index is 2.26. The Morgan fingerprint density at radius 2 is 1.94 bits per heavy atom. The first kappa shape index (κ1) is 11.3. The molecule has 1 fully saturated rings. The van der Waals surface area contributed by atoms with Crippen LogP contribution >= 0.6 is 0 Å². The second-order valence-corrected chi connectivity index (χ2v) is 4.77. The molecule has 0 spiro atoms. The van der Waals surface area contributed by atoms with E-state index in [0.29, 0.717) is 0 Å². The van der Waals surface area contributed by atoms with E-state index in [2.05, 4.69) is 5.32 Å². The van der Waals surface area contributed by atoms with Crippen molar-refractivity contribution in [2.75, 3.05) is 0 Å². The molecule has 1 N–H and O–H groups in total. The molecule has 1 heterocycles. The summed E-state index contributed by atoms with van der Waals surface area (Å²) < 4.78 is 5.84. The number of hydrogen-bond acceptors (Lipinski definition) is 3. The summed E-state index contributed by atoms with van der Waals surface area (Å²) in [5, 5.41) is 3.15. The van der Waals surface area contributed by atoms with Crippen LogP contribution in [0.5, 0.6) is 0 Å². The average Bonchev–Trinajstić information content (AvgIpc) is 2.55. The fraction of sp³-hybridized carbons (Fsp3) is 0.462. The highest BCUT2D eigenvalue weighted by Crippen LogP contribution is 2.32. The van der Waals surface area contributed by atoms with Crippen LogP contribution in [0.4, 0.5) is 0 Å². The van der Waals surface area contributed by atoms with Gasteiger partial charge in [-0.05, 0) is 26.3 Å². The molecule has 1 aromatic carbocycles. The Kier molecular flexibility index (Phi) is 2.82. The third kappa shape index (κ3) is 2.15. The summed E-state index contributed by atoms with van der Waals surface area (Å²) in [5.74, 6) is 0. The van der Waals surface area contributed by atoms with Gasteiger partial charge in [0.1, 0.15) is 18.1 Å². The van der Waals surface area contributed by atoms with E-state index < -0.39 is 5.72 Å². The van der Waals surface area contributed by atoms with Gasteiger partial charge in [-0.15, -0.1) is 0 Å². The minimum atomic E-state index is -0.443. The third-order valence-corrected chi connectivity index (χ3v) is 2.81. The van der Waals surface area contributed by atoms with Gasteiger partial charge in [0, 0.05) is 0 Å². The molecule has 1 saturated heterocycles. The number of aldehydes is 1. The average molecular weight is 219 g/mol. The maximum Gasteiger partial charge on any atom is 0.140 e. The van der Waals surface area contributed by atoms with Crippen LogP contribution in [-0.4, -0.2) is 18.1 Å². The van der Waals surface area contributed by atoms with Gasteiger partial charge in [-0.2, -0.15) is 0 Å². The molecule has 2 rings (SSSR count). The first-order chi connectivity index (χ1) is 7.52. The van der Waals surface area contributed by atoms with Gasteiger partial charge < -0.3 is 9.53 Å². The number of rotatable bonds is 2. The van der Waals surface area contributed by atoms with E-state index >= 15 is 0 Å². The summed E-state index contributed by atoms with van der Waals surface area (Å²) in [7, 11) is 0. The summed E-state index contributed by atoms with van der Waals surface area (Å²) in [4.78, 5) is 11.0. The molecule has 0 unspecified atom stereocenters. The van der Waals surface area contributed by atoms with Crippen molar-refractivity contribution < 1.29 is 9.53 Å². The Hall–Kier alpha value is -1.19. The van der Waals surface area contributed by atoms with Gasteiger partial charge in [0.2, 0.25) is 0 Å². The van der Waals surface area contributed by atoms with Crippen LogP contribution in [0.2, 0.25) is 0 Å².